The summed E-state index contributed by atoms with van der Waals surface area (Å²) in [7, 11) is 0. The van der Waals surface area contributed by atoms with E-state index in [4.69, 9.17) is 0 Å². The molecule has 6 heteroatoms. The molecule has 0 spiro atoms. The molecule has 2 aromatic heterocycles. The van der Waals surface area contributed by atoms with E-state index >= 15 is 0 Å². The van der Waals surface area contributed by atoms with Crippen LogP contribution in [-0.2, 0) is 26.1 Å². The first-order valence-corrected chi connectivity index (χ1v) is 8.35. The van der Waals surface area contributed by atoms with Crippen molar-refractivity contribution in [3.63, 3.8) is 0 Å². The van der Waals surface area contributed by atoms with E-state index in [9.17, 15) is 9.90 Å². The highest BCUT2D eigenvalue weighted by Crippen LogP contribution is 2.29. The number of allylic oxidation sites excluding steroid dienone is 1. The molecule has 0 unspecified atom stereocenters. The highest BCUT2D eigenvalue weighted by Gasteiger charge is 2.21. The quantitative estimate of drug-likeness (QED) is 0.703. The van der Waals surface area contributed by atoms with Crippen LogP contribution in [0.3, 0.4) is 0 Å². The molecule has 0 fully saturated rings. The molecule has 0 aliphatic carbocycles. The predicted octanol–water partition coefficient (Wildman–Crippen LogP) is 2.81. The van der Waals surface area contributed by atoms with E-state index in [1.807, 2.05) is 23.0 Å². The Kier molecular flexibility index (Phi) is 3.89. The van der Waals surface area contributed by atoms with Crippen molar-refractivity contribution in [2.75, 3.05) is 6.54 Å². The molecule has 25 heavy (non-hydrogen) atoms. The minimum atomic E-state index is -0.890. The largest absolute Gasteiger partial charge is 0.478 e. The number of aromatic amines is 1. The van der Waals surface area contributed by atoms with Crippen molar-refractivity contribution >= 4 is 16.9 Å². The summed E-state index contributed by atoms with van der Waals surface area (Å²) in [5.41, 5.74) is 4.95. The van der Waals surface area contributed by atoms with Crippen LogP contribution in [0.1, 0.15) is 27.2 Å². The molecule has 0 radical (unpaired) electrons. The second-order valence-corrected chi connectivity index (χ2v) is 6.47. The van der Waals surface area contributed by atoms with Crippen LogP contribution in [0, 0.1) is 0 Å². The third-order valence-corrected chi connectivity index (χ3v) is 4.71. The van der Waals surface area contributed by atoms with Crippen molar-refractivity contribution in [1.29, 1.82) is 0 Å². The van der Waals surface area contributed by atoms with Crippen LogP contribution < -0.4 is 0 Å². The van der Waals surface area contributed by atoms with Crippen LogP contribution in [0.5, 0.6) is 0 Å². The van der Waals surface area contributed by atoms with Gasteiger partial charge >= 0.3 is 5.97 Å². The van der Waals surface area contributed by atoms with Crippen LogP contribution in [0.2, 0.25) is 0 Å². The van der Waals surface area contributed by atoms with Crippen LogP contribution >= 0.6 is 0 Å². The highest BCUT2D eigenvalue weighted by molar-refractivity contribution is 5.95. The lowest BCUT2D eigenvalue weighted by Crippen LogP contribution is -2.29. The number of hydrogen-bond donors (Lipinski definition) is 2. The fourth-order valence-electron chi connectivity index (χ4n) is 3.52. The van der Waals surface area contributed by atoms with Gasteiger partial charge in [0.1, 0.15) is 0 Å². The summed E-state index contributed by atoms with van der Waals surface area (Å²) < 4.78 is 1.88. The van der Waals surface area contributed by atoms with Crippen molar-refractivity contribution < 1.29 is 9.90 Å². The normalized spacial score (nSPS) is 14.6. The Bertz CT molecular complexity index is 954. The predicted molar refractivity (Wildman–Crippen MR) is 95.5 cm³/mol. The van der Waals surface area contributed by atoms with Gasteiger partial charge in [-0.1, -0.05) is 6.08 Å². The molecule has 1 aromatic carbocycles. The van der Waals surface area contributed by atoms with Crippen LogP contribution in [0.4, 0.5) is 0 Å². The van der Waals surface area contributed by atoms with Crippen molar-refractivity contribution in [3.05, 3.63) is 65.6 Å². The van der Waals surface area contributed by atoms with Gasteiger partial charge in [0.15, 0.2) is 0 Å². The van der Waals surface area contributed by atoms with Crippen LogP contribution in [-0.4, -0.2) is 37.3 Å². The fraction of sp³-hybridized carbons (Fsp3) is 0.263. The molecule has 0 bridgehead atoms. The van der Waals surface area contributed by atoms with Gasteiger partial charge in [0.2, 0.25) is 0 Å². The number of nitrogens with one attached hydrogen (secondary N) is 1. The molecule has 0 saturated carbocycles. The lowest BCUT2D eigenvalue weighted by atomic mass is 10.0. The summed E-state index contributed by atoms with van der Waals surface area (Å²) in [6.07, 6.45) is 6.72. The van der Waals surface area contributed by atoms with E-state index in [0.717, 1.165) is 37.0 Å². The number of aromatic nitrogens is 3. The lowest BCUT2D eigenvalue weighted by Gasteiger charge is -2.26. The zero-order valence-electron chi connectivity index (χ0n) is 13.9. The summed E-state index contributed by atoms with van der Waals surface area (Å²) in [6.45, 7) is 7.06. The second kappa shape index (κ2) is 6.22. The van der Waals surface area contributed by atoms with Gasteiger partial charge in [0.05, 0.1) is 18.3 Å². The SMILES string of the molecule is C=CCn1cc(CN2CCc3[nH]c4ccc(C(=O)O)cc4c3C2)cn1. The van der Waals surface area contributed by atoms with E-state index < -0.39 is 5.97 Å². The molecule has 0 atom stereocenters. The number of carboxylic acids is 1. The Hall–Kier alpha value is -2.86. The Morgan fingerprint density at radius 2 is 2.32 bits per heavy atom. The number of nitrogens with zero attached hydrogens (tertiary/aromatic N) is 3. The molecule has 1 aliphatic heterocycles. The van der Waals surface area contributed by atoms with Gasteiger partial charge in [0.25, 0.3) is 0 Å². The molecular weight excluding hydrogens is 316 g/mol. The Morgan fingerprint density at radius 1 is 1.44 bits per heavy atom. The summed E-state index contributed by atoms with van der Waals surface area (Å²) in [6, 6.07) is 5.29. The van der Waals surface area contributed by atoms with Crippen molar-refractivity contribution in [2.24, 2.45) is 0 Å². The zero-order valence-corrected chi connectivity index (χ0v) is 13.9. The van der Waals surface area contributed by atoms with Crippen molar-refractivity contribution in [3.8, 4) is 0 Å². The molecule has 0 saturated heterocycles. The first kappa shape index (κ1) is 15.7. The smallest absolute Gasteiger partial charge is 0.335 e. The summed E-state index contributed by atoms with van der Waals surface area (Å²) in [5.74, 6) is -0.890. The minimum absolute atomic E-state index is 0.331. The Balaban J connectivity index is 1.58. The average Bonchev–Trinajstić information content (AvgIpc) is 3.18. The topological polar surface area (TPSA) is 74.2 Å². The average molecular weight is 336 g/mol. The van der Waals surface area contributed by atoms with Gasteiger partial charge in [-0.3, -0.25) is 9.58 Å². The van der Waals surface area contributed by atoms with Gasteiger partial charge in [0, 0.05) is 54.4 Å². The molecule has 6 nitrogen and oxygen atoms in total. The van der Waals surface area contributed by atoms with Gasteiger partial charge in [-0.15, -0.1) is 6.58 Å². The highest BCUT2D eigenvalue weighted by atomic mass is 16.4. The van der Waals surface area contributed by atoms with Crippen molar-refractivity contribution in [2.45, 2.75) is 26.1 Å². The summed E-state index contributed by atoms with van der Waals surface area (Å²) in [4.78, 5) is 17.1. The van der Waals surface area contributed by atoms with Crippen LogP contribution in [0.15, 0.2) is 43.2 Å². The van der Waals surface area contributed by atoms with Gasteiger partial charge in [-0.25, -0.2) is 4.79 Å². The van der Waals surface area contributed by atoms with Gasteiger partial charge in [-0.2, -0.15) is 5.10 Å². The first-order valence-electron chi connectivity index (χ1n) is 8.35. The molecule has 3 aromatic rings. The fourth-order valence-corrected chi connectivity index (χ4v) is 3.52. The minimum Gasteiger partial charge on any atom is -0.478 e. The molecule has 0 amide bonds. The molecular formula is C19H20N4O2. The monoisotopic (exact) mass is 336 g/mol. The summed E-state index contributed by atoms with van der Waals surface area (Å²) in [5, 5.41) is 14.6. The number of aromatic carboxylic acids is 1. The van der Waals surface area contributed by atoms with Gasteiger partial charge < -0.3 is 10.1 Å². The zero-order chi connectivity index (χ0) is 17.4. The van der Waals surface area contributed by atoms with E-state index in [1.165, 1.54) is 16.8 Å². The molecule has 128 valence electrons. The molecule has 2 N–H and O–H groups in total. The maximum absolute atomic E-state index is 11.3. The maximum atomic E-state index is 11.3. The molecule has 3 heterocycles. The number of carbonyl (C=O) groups is 1. The Morgan fingerprint density at radius 3 is 3.12 bits per heavy atom. The first-order chi connectivity index (χ1) is 12.1. The van der Waals surface area contributed by atoms with Crippen molar-refractivity contribution in [1.82, 2.24) is 19.7 Å². The number of carboxylic acid groups (broad SMARTS) is 1. The van der Waals surface area contributed by atoms with E-state index in [-0.39, 0.29) is 0 Å². The van der Waals surface area contributed by atoms with E-state index in [0.29, 0.717) is 12.1 Å². The van der Waals surface area contributed by atoms with E-state index in [1.54, 1.807) is 12.1 Å². The third-order valence-electron chi connectivity index (χ3n) is 4.71. The number of hydrogen-bond acceptors (Lipinski definition) is 3. The standard InChI is InChI=1S/C19H20N4O2/c1-2-6-23-11-13(9-20-23)10-22-7-5-18-16(12-22)15-8-14(19(24)25)3-4-17(15)21-18/h2-4,8-9,11,21H,1,5-7,10,12H2,(H,24,25). The van der Waals surface area contributed by atoms with Gasteiger partial charge in [-0.05, 0) is 23.8 Å². The molecule has 4 rings (SSSR count). The third kappa shape index (κ3) is 2.96. The number of fused-ring (bicyclic) bond motifs is 3. The molecule has 1 aliphatic rings. The number of rotatable bonds is 5. The van der Waals surface area contributed by atoms with Crippen LogP contribution in [0.25, 0.3) is 10.9 Å². The van der Waals surface area contributed by atoms with E-state index in [2.05, 4.69) is 27.8 Å². The summed E-state index contributed by atoms with van der Waals surface area (Å²) >= 11 is 0. The Labute approximate surface area is 145 Å². The second-order valence-electron chi connectivity index (χ2n) is 6.47. The lowest BCUT2D eigenvalue weighted by molar-refractivity contribution is 0.0697. The maximum Gasteiger partial charge on any atom is 0.335 e. The number of H-pyrrole nitrogens is 1. The number of benzene rings is 1.